The molecule has 0 bridgehead atoms. The zero-order chi connectivity index (χ0) is 22.7. The van der Waals surface area contributed by atoms with Crippen LogP contribution in [0.2, 0.25) is 4.34 Å². The van der Waals surface area contributed by atoms with Crippen molar-refractivity contribution in [3.8, 4) is 0 Å². The summed E-state index contributed by atoms with van der Waals surface area (Å²) in [6, 6.07) is 19.8. The first-order chi connectivity index (χ1) is 15.3. The predicted octanol–water partition coefficient (Wildman–Crippen LogP) is 6.10. The van der Waals surface area contributed by atoms with Crippen molar-refractivity contribution < 1.29 is 8.42 Å². The van der Waals surface area contributed by atoms with Gasteiger partial charge in [-0.05, 0) is 62.4 Å². The number of nitrogens with zero attached hydrogens (tertiary/aromatic N) is 2. The Morgan fingerprint density at radius 1 is 0.781 bits per heavy atom. The van der Waals surface area contributed by atoms with Gasteiger partial charge in [0.05, 0.1) is 4.34 Å². The van der Waals surface area contributed by atoms with Crippen molar-refractivity contribution in [2.45, 2.75) is 18.1 Å². The fraction of sp³-hybridized carbons (Fsp3) is 0.0909. The molecule has 10 heteroatoms. The average Bonchev–Trinajstić information content (AvgIpc) is 3.18. The molecule has 0 unspecified atom stereocenters. The number of benzene rings is 2. The smallest absolute Gasteiger partial charge is 0.271 e. The molecule has 0 aliphatic rings. The first kappa shape index (κ1) is 22.1. The molecular weight excluding hydrogens is 466 g/mol. The molecule has 2 aromatic heterocycles. The fourth-order valence-electron chi connectivity index (χ4n) is 2.90. The van der Waals surface area contributed by atoms with Crippen molar-refractivity contribution in [3.05, 3.63) is 82.5 Å². The summed E-state index contributed by atoms with van der Waals surface area (Å²) < 4.78 is 28.0. The van der Waals surface area contributed by atoms with Crippen molar-refractivity contribution in [3.63, 3.8) is 0 Å². The average molecular weight is 486 g/mol. The first-order valence-corrected chi connectivity index (χ1v) is 12.3. The van der Waals surface area contributed by atoms with Gasteiger partial charge in [-0.15, -0.1) is 11.3 Å². The number of rotatable bonds is 7. The summed E-state index contributed by atoms with van der Waals surface area (Å²) in [7, 11) is -3.67. The van der Waals surface area contributed by atoms with Crippen LogP contribution in [-0.4, -0.2) is 18.4 Å². The van der Waals surface area contributed by atoms with E-state index in [4.69, 9.17) is 11.6 Å². The minimum Gasteiger partial charge on any atom is -0.340 e. The van der Waals surface area contributed by atoms with Crippen LogP contribution < -0.4 is 15.4 Å². The van der Waals surface area contributed by atoms with Gasteiger partial charge >= 0.3 is 0 Å². The molecule has 164 valence electrons. The van der Waals surface area contributed by atoms with Gasteiger partial charge in [0.1, 0.15) is 21.7 Å². The molecule has 32 heavy (non-hydrogen) atoms. The lowest BCUT2D eigenvalue weighted by Crippen LogP contribution is -2.11. The van der Waals surface area contributed by atoms with Gasteiger partial charge in [-0.1, -0.05) is 29.3 Å². The van der Waals surface area contributed by atoms with E-state index in [1.54, 1.807) is 30.3 Å². The largest absolute Gasteiger partial charge is 0.340 e. The number of hydrogen-bond acceptors (Lipinski definition) is 7. The minimum absolute atomic E-state index is 0.162. The highest BCUT2D eigenvalue weighted by molar-refractivity contribution is 7.94. The Hall–Kier alpha value is -3.14. The molecule has 0 aliphatic carbocycles. The third-order valence-corrected chi connectivity index (χ3v) is 7.49. The number of aromatic nitrogens is 2. The number of halogens is 1. The second kappa shape index (κ2) is 9.15. The van der Waals surface area contributed by atoms with Crippen LogP contribution in [0.15, 0.2) is 70.9 Å². The van der Waals surface area contributed by atoms with Gasteiger partial charge in [0, 0.05) is 23.1 Å². The quantitative estimate of drug-likeness (QED) is 0.293. The molecule has 0 aliphatic heterocycles. The van der Waals surface area contributed by atoms with Crippen LogP contribution in [0.25, 0.3) is 0 Å². The Morgan fingerprint density at radius 2 is 1.31 bits per heavy atom. The zero-order valence-corrected chi connectivity index (χ0v) is 19.6. The van der Waals surface area contributed by atoms with E-state index in [1.165, 1.54) is 11.6 Å². The van der Waals surface area contributed by atoms with Crippen molar-refractivity contribution in [2.24, 2.45) is 0 Å². The summed E-state index contributed by atoms with van der Waals surface area (Å²) in [4.78, 5) is 8.85. The summed E-state index contributed by atoms with van der Waals surface area (Å²) in [5.74, 6) is 1.90. The van der Waals surface area contributed by atoms with Crippen LogP contribution in [0.4, 0.5) is 28.7 Å². The van der Waals surface area contributed by atoms with Crippen molar-refractivity contribution in [1.82, 2.24) is 9.97 Å². The van der Waals surface area contributed by atoms with E-state index in [2.05, 4.69) is 25.3 Å². The molecule has 0 amide bonds. The highest BCUT2D eigenvalue weighted by Crippen LogP contribution is 2.28. The molecule has 0 fully saturated rings. The maximum Gasteiger partial charge on any atom is 0.271 e. The normalized spacial score (nSPS) is 11.2. The predicted molar refractivity (Wildman–Crippen MR) is 131 cm³/mol. The van der Waals surface area contributed by atoms with Gasteiger partial charge in [0.2, 0.25) is 0 Å². The third kappa shape index (κ3) is 5.56. The molecule has 2 heterocycles. The van der Waals surface area contributed by atoms with Gasteiger partial charge in [-0.25, -0.2) is 18.4 Å². The van der Waals surface area contributed by atoms with E-state index < -0.39 is 10.0 Å². The highest BCUT2D eigenvalue weighted by atomic mass is 35.5. The van der Waals surface area contributed by atoms with Crippen LogP contribution in [0.3, 0.4) is 0 Å². The van der Waals surface area contributed by atoms with Gasteiger partial charge in [0.15, 0.2) is 0 Å². The van der Waals surface area contributed by atoms with E-state index in [-0.39, 0.29) is 4.21 Å². The molecule has 4 aromatic rings. The van der Waals surface area contributed by atoms with E-state index in [0.717, 1.165) is 22.7 Å². The lowest BCUT2D eigenvalue weighted by atomic mass is 10.2. The SMILES string of the molecule is Cc1ccc(Nc2cc(Nc3ccc(NS(=O)(=O)c4ccc(Cl)s4)cc3)nc(C)n2)cc1. The summed E-state index contributed by atoms with van der Waals surface area (Å²) in [6.07, 6.45) is 0. The highest BCUT2D eigenvalue weighted by Gasteiger charge is 2.16. The Morgan fingerprint density at radius 3 is 1.84 bits per heavy atom. The molecule has 0 spiro atoms. The molecular formula is C22H20ClN5O2S2. The number of anilines is 5. The molecule has 7 nitrogen and oxygen atoms in total. The summed E-state index contributed by atoms with van der Waals surface area (Å²) in [6.45, 7) is 3.86. The molecule has 3 N–H and O–H groups in total. The summed E-state index contributed by atoms with van der Waals surface area (Å²) >= 11 is 6.85. The topological polar surface area (TPSA) is 96.0 Å². The second-order valence-electron chi connectivity index (χ2n) is 7.04. The van der Waals surface area contributed by atoms with Crippen molar-refractivity contribution in [2.75, 3.05) is 15.4 Å². The van der Waals surface area contributed by atoms with Gasteiger partial charge in [-0.3, -0.25) is 4.72 Å². The molecule has 0 atom stereocenters. The molecule has 0 saturated carbocycles. The lowest BCUT2D eigenvalue weighted by molar-refractivity contribution is 0.603. The zero-order valence-electron chi connectivity index (χ0n) is 17.3. The van der Waals surface area contributed by atoms with E-state index >= 15 is 0 Å². The van der Waals surface area contributed by atoms with Crippen LogP contribution in [-0.2, 0) is 10.0 Å². The standard InChI is InChI=1S/C22H20ClN5O2S2/c1-14-3-5-16(6-4-14)26-20-13-21(25-15(2)24-20)27-17-7-9-18(10-8-17)28-32(29,30)22-12-11-19(23)31-22/h3-13,28H,1-2H3,(H2,24,25,26,27). The van der Waals surface area contributed by atoms with Gasteiger partial charge < -0.3 is 10.6 Å². The number of hydrogen-bond donors (Lipinski definition) is 3. The van der Waals surface area contributed by atoms with E-state index in [0.29, 0.717) is 27.5 Å². The Kier molecular flexibility index (Phi) is 6.31. The molecule has 0 radical (unpaired) electrons. The second-order valence-corrected chi connectivity index (χ2v) is 10.7. The van der Waals surface area contributed by atoms with Gasteiger partial charge in [-0.2, -0.15) is 0 Å². The summed E-state index contributed by atoms with van der Waals surface area (Å²) in [5, 5.41) is 6.50. The Bertz CT molecular complexity index is 1340. The van der Waals surface area contributed by atoms with Crippen LogP contribution in [0.1, 0.15) is 11.4 Å². The number of sulfonamides is 1. The van der Waals surface area contributed by atoms with Crippen LogP contribution >= 0.6 is 22.9 Å². The molecule has 0 saturated heterocycles. The fourth-order valence-corrected chi connectivity index (χ4v) is 5.44. The summed E-state index contributed by atoms with van der Waals surface area (Å²) in [5.41, 5.74) is 3.32. The lowest BCUT2D eigenvalue weighted by Gasteiger charge is -2.11. The minimum atomic E-state index is -3.67. The van der Waals surface area contributed by atoms with Crippen LogP contribution in [0, 0.1) is 13.8 Å². The van der Waals surface area contributed by atoms with Crippen molar-refractivity contribution >= 4 is 61.7 Å². The number of nitrogens with one attached hydrogen (secondary N) is 3. The molecule has 2 aromatic carbocycles. The maximum atomic E-state index is 12.4. The molecule has 4 rings (SSSR count). The number of thiophene rings is 1. The van der Waals surface area contributed by atoms with E-state index in [1.807, 2.05) is 44.2 Å². The maximum absolute atomic E-state index is 12.4. The van der Waals surface area contributed by atoms with E-state index in [9.17, 15) is 8.42 Å². The monoisotopic (exact) mass is 485 g/mol. The van der Waals surface area contributed by atoms with Crippen LogP contribution in [0.5, 0.6) is 0 Å². The Balaban J connectivity index is 1.46. The Labute approximate surface area is 195 Å². The number of aryl methyl sites for hydroxylation is 2. The van der Waals surface area contributed by atoms with Crippen molar-refractivity contribution in [1.29, 1.82) is 0 Å². The van der Waals surface area contributed by atoms with Gasteiger partial charge in [0.25, 0.3) is 10.0 Å². The third-order valence-electron chi connectivity index (χ3n) is 4.38. The first-order valence-electron chi connectivity index (χ1n) is 9.61.